The summed E-state index contributed by atoms with van der Waals surface area (Å²) in [6.45, 7) is 10.6. The standard InChI is InChI=1S/C8H20NO3P/c1-7(2,3)9-13(10,11)12-8(4,5)6/h1-6H3,(H2,9,10,11). The average molecular weight is 209 g/mol. The Hall–Kier alpha value is 0.110. The van der Waals surface area contributed by atoms with Crippen LogP contribution in [0, 0.1) is 0 Å². The number of rotatable bonds is 2. The fourth-order valence-electron chi connectivity index (χ4n) is 0.818. The van der Waals surface area contributed by atoms with Gasteiger partial charge < -0.3 is 4.89 Å². The first-order chi connectivity index (χ1) is 5.41. The van der Waals surface area contributed by atoms with E-state index in [4.69, 9.17) is 4.52 Å². The summed E-state index contributed by atoms with van der Waals surface area (Å²) in [5.74, 6) is 0. The maximum atomic E-state index is 11.5. The second-order valence-electron chi connectivity index (χ2n) is 5.09. The summed E-state index contributed by atoms with van der Waals surface area (Å²) in [5, 5.41) is 2.54. The fourth-order valence-corrected chi connectivity index (χ4v) is 2.45. The SMILES string of the molecule is CC(C)(C)NP(=O)(O)OC(C)(C)C. The molecule has 0 aromatic rings. The molecule has 0 fully saturated rings. The number of hydrogen-bond acceptors (Lipinski definition) is 2. The highest BCUT2D eigenvalue weighted by Crippen LogP contribution is 2.43. The van der Waals surface area contributed by atoms with Crippen molar-refractivity contribution in [2.75, 3.05) is 0 Å². The predicted molar refractivity (Wildman–Crippen MR) is 53.6 cm³/mol. The third-order valence-corrected chi connectivity index (χ3v) is 2.62. The van der Waals surface area contributed by atoms with Crippen LogP contribution in [0.25, 0.3) is 0 Å². The van der Waals surface area contributed by atoms with E-state index in [0.717, 1.165) is 0 Å². The van der Waals surface area contributed by atoms with E-state index in [1.807, 2.05) is 20.8 Å². The molecule has 0 saturated carbocycles. The van der Waals surface area contributed by atoms with Crippen molar-refractivity contribution in [3.8, 4) is 0 Å². The quantitative estimate of drug-likeness (QED) is 0.685. The van der Waals surface area contributed by atoms with Crippen LogP contribution in [0.3, 0.4) is 0 Å². The topological polar surface area (TPSA) is 58.6 Å². The highest BCUT2D eigenvalue weighted by Gasteiger charge is 2.31. The molecule has 80 valence electrons. The van der Waals surface area contributed by atoms with E-state index in [1.165, 1.54) is 0 Å². The molecule has 0 heterocycles. The first-order valence-electron chi connectivity index (χ1n) is 4.24. The van der Waals surface area contributed by atoms with Crippen LogP contribution in [0.5, 0.6) is 0 Å². The summed E-state index contributed by atoms with van der Waals surface area (Å²) in [7, 11) is -3.69. The van der Waals surface area contributed by atoms with Crippen molar-refractivity contribution in [3.05, 3.63) is 0 Å². The van der Waals surface area contributed by atoms with Crippen LogP contribution in [0.15, 0.2) is 0 Å². The Kier molecular flexibility index (Phi) is 3.73. The first-order valence-corrected chi connectivity index (χ1v) is 5.82. The van der Waals surface area contributed by atoms with Gasteiger partial charge in [0.1, 0.15) is 0 Å². The summed E-state index contributed by atoms with van der Waals surface area (Å²) >= 11 is 0. The Bertz CT molecular complexity index is 194. The molecular formula is C8H20NO3P. The Labute approximate surface area is 80.3 Å². The molecule has 0 saturated heterocycles. The van der Waals surface area contributed by atoms with Gasteiger partial charge >= 0.3 is 7.75 Å². The van der Waals surface area contributed by atoms with Crippen molar-refractivity contribution in [2.24, 2.45) is 0 Å². The van der Waals surface area contributed by atoms with Crippen molar-refractivity contribution in [3.63, 3.8) is 0 Å². The van der Waals surface area contributed by atoms with Crippen LogP contribution in [0.2, 0.25) is 0 Å². The predicted octanol–water partition coefficient (Wildman–Crippen LogP) is 2.29. The van der Waals surface area contributed by atoms with Crippen molar-refractivity contribution in [1.29, 1.82) is 0 Å². The van der Waals surface area contributed by atoms with Gasteiger partial charge in [-0.15, -0.1) is 0 Å². The Morgan fingerprint density at radius 1 is 1.15 bits per heavy atom. The molecule has 0 rings (SSSR count). The smallest absolute Gasteiger partial charge is 0.312 e. The third kappa shape index (κ3) is 8.44. The van der Waals surface area contributed by atoms with Crippen LogP contribution >= 0.6 is 7.75 Å². The molecule has 0 aromatic carbocycles. The van der Waals surface area contributed by atoms with Gasteiger partial charge in [-0.05, 0) is 41.5 Å². The fraction of sp³-hybridized carbons (Fsp3) is 1.00. The summed E-state index contributed by atoms with van der Waals surface area (Å²) in [4.78, 5) is 9.41. The summed E-state index contributed by atoms with van der Waals surface area (Å²) in [6, 6.07) is 0. The van der Waals surface area contributed by atoms with E-state index >= 15 is 0 Å². The molecule has 0 spiro atoms. The van der Waals surface area contributed by atoms with Crippen LogP contribution < -0.4 is 5.09 Å². The molecule has 1 atom stereocenters. The second-order valence-corrected chi connectivity index (χ2v) is 6.53. The van der Waals surface area contributed by atoms with E-state index in [2.05, 4.69) is 5.09 Å². The van der Waals surface area contributed by atoms with Gasteiger partial charge in [0.05, 0.1) is 5.60 Å². The highest BCUT2D eigenvalue weighted by atomic mass is 31.2. The Balaban J connectivity index is 4.35. The lowest BCUT2D eigenvalue weighted by molar-refractivity contribution is 0.103. The molecule has 0 amide bonds. The average Bonchev–Trinajstić information content (AvgIpc) is 1.43. The lowest BCUT2D eigenvalue weighted by Gasteiger charge is -2.29. The molecule has 13 heavy (non-hydrogen) atoms. The summed E-state index contributed by atoms with van der Waals surface area (Å²) in [6.07, 6.45) is 0. The largest absolute Gasteiger partial charge is 0.403 e. The molecule has 4 nitrogen and oxygen atoms in total. The van der Waals surface area contributed by atoms with E-state index in [9.17, 15) is 9.46 Å². The summed E-state index contributed by atoms with van der Waals surface area (Å²) in [5.41, 5.74) is -1.06. The zero-order valence-electron chi connectivity index (χ0n) is 9.21. The molecule has 0 bridgehead atoms. The molecule has 0 aromatic heterocycles. The zero-order valence-corrected chi connectivity index (χ0v) is 10.1. The molecular weight excluding hydrogens is 189 g/mol. The van der Waals surface area contributed by atoms with Crippen molar-refractivity contribution < 1.29 is 14.0 Å². The third-order valence-electron chi connectivity index (χ3n) is 0.874. The number of hydrogen-bond donors (Lipinski definition) is 2. The summed E-state index contributed by atoms with van der Waals surface area (Å²) < 4.78 is 16.5. The van der Waals surface area contributed by atoms with E-state index in [-0.39, 0.29) is 0 Å². The Morgan fingerprint density at radius 3 is 1.77 bits per heavy atom. The van der Waals surface area contributed by atoms with Gasteiger partial charge in [-0.25, -0.2) is 9.65 Å². The van der Waals surface area contributed by atoms with Gasteiger partial charge in [0.25, 0.3) is 0 Å². The normalized spacial score (nSPS) is 18.4. The minimum absolute atomic E-state index is 0.435. The van der Waals surface area contributed by atoms with Gasteiger partial charge in [-0.2, -0.15) is 0 Å². The lowest BCUT2D eigenvalue weighted by atomic mass is 10.1. The zero-order chi connectivity index (χ0) is 10.9. The molecule has 0 aliphatic heterocycles. The van der Waals surface area contributed by atoms with Gasteiger partial charge in [0.15, 0.2) is 0 Å². The van der Waals surface area contributed by atoms with E-state index in [0.29, 0.717) is 0 Å². The van der Waals surface area contributed by atoms with Gasteiger partial charge in [0, 0.05) is 5.54 Å². The lowest BCUT2D eigenvalue weighted by Crippen LogP contribution is -2.35. The van der Waals surface area contributed by atoms with Crippen LogP contribution in [0.4, 0.5) is 0 Å². The minimum Gasteiger partial charge on any atom is -0.312 e. The van der Waals surface area contributed by atoms with Crippen molar-refractivity contribution >= 4 is 7.75 Å². The first kappa shape index (κ1) is 13.1. The van der Waals surface area contributed by atoms with Crippen molar-refractivity contribution in [2.45, 2.75) is 52.7 Å². The second kappa shape index (κ2) is 3.70. The maximum Gasteiger partial charge on any atom is 0.403 e. The molecule has 0 radical (unpaired) electrons. The van der Waals surface area contributed by atoms with E-state index < -0.39 is 18.9 Å². The maximum absolute atomic E-state index is 11.5. The molecule has 0 aliphatic rings. The molecule has 2 N–H and O–H groups in total. The number of nitrogens with one attached hydrogen (secondary N) is 1. The minimum atomic E-state index is -3.69. The van der Waals surface area contributed by atoms with Gasteiger partial charge in [-0.3, -0.25) is 4.52 Å². The van der Waals surface area contributed by atoms with Gasteiger partial charge in [0.2, 0.25) is 0 Å². The van der Waals surface area contributed by atoms with Crippen molar-refractivity contribution in [1.82, 2.24) is 5.09 Å². The van der Waals surface area contributed by atoms with Crippen LogP contribution in [-0.2, 0) is 9.09 Å². The van der Waals surface area contributed by atoms with Gasteiger partial charge in [-0.1, -0.05) is 0 Å². The highest BCUT2D eigenvalue weighted by molar-refractivity contribution is 7.50. The molecule has 1 unspecified atom stereocenters. The molecule has 0 aliphatic carbocycles. The van der Waals surface area contributed by atoms with Crippen LogP contribution in [0.1, 0.15) is 41.5 Å². The van der Waals surface area contributed by atoms with Crippen LogP contribution in [-0.4, -0.2) is 16.0 Å². The monoisotopic (exact) mass is 209 g/mol. The Morgan fingerprint density at radius 2 is 1.54 bits per heavy atom. The molecule has 5 heteroatoms. The van der Waals surface area contributed by atoms with E-state index in [1.54, 1.807) is 20.8 Å².